The predicted octanol–water partition coefficient (Wildman–Crippen LogP) is 1.62. The second kappa shape index (κ2) is 5.43. The van der Waals surface area contributed by atoms with E-state index in [0.717, 1.165) is 31.3 Å². The fourth-order valence-corrected chi connectivity index (χ4v) is 2.31. The van der Waals surface area contributed by atoms with Crippen molar-refractivity contribution in [2.24, 2.45) is 5.92 Å². The third-order valence-corrected chi connectivity index (χ3v) is 3.66. The van der Waals surface area contributed by atoms with Gasteiger partial charge in [0.2, 0.25) is 0 Å². The summed E-state index contributed by atoms with van der Waals surface area (Å²) < 4.78 is 2.04. The van der Waals surface area contributed by atoms with Crippen molar-refractivity contribution in [1.29, 1.82) is 0 Å². The molecule has 0 aliphatic carbocycles. The highest BCUT2D eigenvalue weighted by atomic mass is 15.3. The topological polar surface area (TPSA) is 42.7 Å². The van der Waals surface area contributed by atoms with E-state index in [4.69, 9.17) is 0 Å². The molecule has 4 heteroatoms. The number of fused-ring (bicyclic) bond motifs is 1. The molecule has 0 amide bonds. The lowest BCUT2D eigenvalue weighted by molar-refractivity contribution is 0.329. The zero-order chi connectivity index (χ0) is 11.4. The van der Waals surface area contributed by atoms with Gasteiger partial charge in [-0.3, -0.25) is 0 Å². The van der Waals surface area contributed by atoms with Crippen LogP contribution < -0.4 is 5.32 Å². The Morgan fingerprint density at radius 1 is 1.50 bits per heavy atom. The van der Waals surface area contributed by atoms with E-state index in [9.17, 15) is 0 Å². The van der Waals surface area contributed by atoms with Crippen molar-refractivity contribution in [2.45, 2.75) is 52.1 Å². The zero-order valence-corrected chi connectivity index (χ0v) is 10.3. The van der Waals surface area contributed by atoms with E-state index >= 15 is 0 Å². The van der Waals surface area contributed by atoms with Crippen molar-refractivity contribution < 1.29 is 0 Å². The van der Waals surface area contributed by atoms with Gasteiger partial charge in [0.15, 0.2) is 0 Å². The molecule has 90 valence electrons. The molecule has 0 fully saturated rings. The highest BCUT2D eigenvalue weighted by Gasteiger charge is 2.19. The standard InChI is InChI=1S/C12H22N4/c1-3-10(4-2)7-13-11-5-6-12-14-9-15-16(12)8-11/h9-11,13H,3-8H2,1-2H3. The summed E-state index contributed by atoms with van der Waals surface area (Å²) >= 11 is 0. The molecule has 0 saturated heterocycles. The molecule has 1 aromatic heterocycles. The van der Waals surface area contributed by atoms with E-state index in [0.29, 0.717) is 6.04 Å². The van der Waals surface area contributed by atoms with Gasteiger partial charge in [0, 0.05) is 12.5 Å². The highest BCUT2D eigenvalue weighted by Crippen LogP contribution is 2.12. The van der Waals surface area contributed by atoms with Crippen LogP contribution in [0.15, 0.2) is 6.33 Å². The molecule has 2 rings (SSSR count). The molecule has 2 heterocycles. The molecular weight excluding hydrogens is 200 g/mol. The molecule has 1 N–H and O–H groups in total. The number of nitrogens with one attached hydrogen (secondary N) is 1. The molecule has 4 nitrogen and oxygen atoms in total. The summed E-state index contributed by atoms with van der Waals surface area (Å²) in [5.74, 6) is 1.96. The normalized spacial score (nSPS) is 20.1. The molecule has 1 aliphatic heterocycles. The van der Waals surface area contributed by atoms with Crippen molar-refractivity contribution in [2.75, 3.05) is 6.54 Å². The number of aromatic nitrogens is 3. The Morgan fingerprint density at radius 3 is 3.06 bits per heavy atom. The molecule has 0 aromatic carbocycles. The van der Waals surface area contributed by atoms with Crippen molar-refractivity contribution in [3.8, 4) is 0 Å². The van der Waals surface area contributed by atoms with E-state index in [-0.39, 0.29) is 0 Å². The first-order chi connectivity index (χ1) is 7.83. The summed E-state index contributed by atoms with van der Waals surface area (Å²) in [6, 6.07) is 0.579. The minimum Gasteiger partial charge on any atom is -0.312 e. The Labute approximate surface area is 97.5 Å². The number of rotatable bonds is 5. The predicted molar refractivity (Wildman–Crippen MR) is 64.2 cm³/mol. The van der Waals surface area contributed by atoms with Crippen molar-refractivity contribution in [3.63, 3.8) is 0 Å². The minimum absolute atomic E-state index is 0.579. The van der Waals surface area contributed by atoms with Crippen LogP contribution in [0.1, 0.15) is 38.9 Å². The maximum Gasteiger partial charge on any atom is 0.138 e. The molecule has 0 spiro atoms. The first kappa shape index (κ1) is 11.6. The maximum atomic E-state index is 4.24. The molecule has 1 aromatic rings. The number of nitrogens with zero attached hydrogens (tertiary/aromatic N) is 3. The third-order valence-electron chi connectivity index (χ3n) is 3.66. The van der Waals surface area contributed by atoms with Gasteiger partial charge < -0.3 is 5.32 Å². The van der Waals surface area contributed by atoms with E-state index in [1.807, 2.05) is 4.68 Å². The molecule has 1 atom stereocenters. The smallest absolute Gasteiger partial charge is 0.138 e. The summed E-state index contributed by atoms with van der Waals surface area (Å²) in [7, 11) is 0. The van der Waals surface area contributed by atoms with Gasteiger partial charge in [0.25, 0.3) is 0 Å². The van der Waals surface area contributed by atoms with E-state index in [1.54, 1.807) is 6.33 Å². The monoisotopic (exact) mass is 222 g/mol. The Hall–Kier alpha value is -0.900. The number of hydrogen-bond acceptors (Lipinski definition) is 3. The van der Waals surface area contributed by atoms with Crippen LogP contribution in [-0.2, 0) is 13.0 Å². The molecule has 0 bridgehead atoms. The zero-order valence-electron chi connectivity index (χ0n) is 10.3. The lowest BCUT2D eigenvalue weighted by Gasteiger charge is -2.25. The maximum absolute atomic E-state index is 4.24. The summed E-state index contributed by atoms with van der Waals surface area (Å²) in [5, 5.41) is 7.91. The van der Waals surface area contributed by atoms with Gasteiger partial charge in [-0.2, -0.15) is 5.10 Å². The fraction of sp³-hybridized carbons (Fsp3) is 0.833. The van der Waals surface area contributed by atoms with E-state index < -0.39 is 0 Å². The second-order valence-electron chi connectivity index (χ2n) is 4.68. The Kier molecular flexibility index (Phi) is 3.93. The van der Waals surface area contributed by atoms with Crippen LogP contribution in [0.2, 0.25) is 0 Å². The number of hydrogen-bond donors (Lipinski definition) is 1. The van der Waals surface area contributed by atoms with Crippen LogP contribution >= 0.6 is 0 Å². The lowest BCUT2D eigenvalue weighted by Crippen LogP contribution is -2.40. The first-order valence-electron chi connectivity index (χ1n) is 6.43. The molecule has 0 saturated carbocycles. The van der Waals surface area contributed by atoms with E-state index in [2.05, 4.69) is 29.2 Å². The van der Waals surface area contributed by atoms with Gasteiger partial charge in [-0.05, 0) is 18.9 Å². The fourth-order valence-electron chi connectivity index (χ4n) is 2.31. The van der Waals surface area contributed by atoms with Crippen LogP contribution in [0.3, 0.4) is 0 Å². The SMILES string of the molecule is CCC(CC)CNC1CCc2ncnn2C1. The average Bonchev–Trinajstić information content (AvgIpc) is 2.77. The second-order valence-corrected chi connectivity index (χ2v) is 4.68. The van der Waals surface area contributed by atoms with Gasteiger partial charge >= 0.3 is 0 Å². The summed E-state index contributed by atoms with van der Waals surface area (Å²) in [6.07, 6.45) is 6.45. The molecular formula is C12H22N4. The van der Waals surface area contributed by atoms with Crippen LogP contribution in [0.5, 0.6) is 0 Å². The highest BCUT2D eigenvalue weighted by molar-refractivity contribution is 4.92. The lowest BCUT2D eigenvalue weighted by atomic mass is 10.0. The Balaban J connectivity index is 1.81. The molecule has 1 unspecified atom stereocenters. The van der Waals surface area contributed by atoms with Gasteiger partial charge in [-0.1, -0.05) is 26.7 Å². The van der Waals surface area contributed by atoms with Crippen LogP contribution in [0.25, 0.3) is 0 Å². The molecule has 1 aliphatic rings. The molecule has 16 heavy (non-hydrogen) atoms. The van der Waals surface area contributed by atoms with Gasteiger partial charge in [-0.25, -0.2) is 9.67 Å². The first-order valence-corrected chi connectivity index (χ1v) is 6.43. The summed E-state index contributed by atoms with van der Waals surface area (Å²) in [6.45, 7) is 6.66. The van der Waals surface area contributed by atoms with Gasteiger partial charge in [-0.15, -0.1) is 0 Å². The summed E-state index contributed by atoms with van der Waals surface area (Å²) in [5.41, 5.74) is 0. The van der Waals surface area contributed by atoms with Crippen LogP contribution in [0.4, 0.5) is 0 Å². The number of aryl methyl sites for hydroxylation is 1. The third kappa shape index (κ3) is 2.61. The Morgan fingerprint density at radius 2 is 2.31 bits per heavy atom. The van der Waals surface area contributed by atoms with Crippen molar-refractivity contribution in [3.05, 3.63) is 12.2 Å². The quantitative estimate of drug-likeness (QED) is 0.823. The van der Waals surface area contributed by atoms with Gasteiger partial charge in [0.05, 0.1) is 6.54 Å². The van der Waals surface area contributed by atoms with Crippen LogP contribution in [-0.4, -0.2) is 27.4 Å². The van der Waals surface area contributed by atoms with Gasteiger partial charge in [0.1, 0.15) is 12.2 Å². The van der Waals surface area contributed by atoms with Crippen LogP contribution in [0, 0.1) is 5.92 Å². The van der Waals surface area contributed by atoms with Crippen molar-refractivity contribution in [1.82, 2.24) is 20.1 Å². The largest absolute Gasteiger partial charge is 0.312 e. The summed E-state index contributed by atoms with van der Waals surface area (Å²) in [4.78, 5) is 4.24. The molecule has 0 radical (unpaired) electrons. The minimum atomic E-state index is 0.579. The van der Waals surface area contributed by atoms with E-state index in [1.165, 1.54) is 19.3 Å². The Bertz CT molecular complexity index is 317. The van der Waals surface area contributed by atoms with Crippen molar-refractivity contribution >= 4 is 0 Å². The average molecular weight is 222 g/mol.